The molecule has 0 fully saturated rings. The molecule has 0 aliphatic rings. The van der Waals surface area contributed by atoms with Crippen LogP contribution in [0.1, 0.15) is 5.56 Å². The lowest BCUT2D eigenvalue weighted by Crippen LogP contribution is -1.87. The van der Waals surface area contributed by atoms with Crippen LogP contribution < -0.4 is 0 Å². The quantitative estimate of drug-likeness (QED) is 0.386. The van der Waals surface area contributed by atoms with E-state index in [1.54, 1.807) is 18.6 Å². The number of aryl methyl sites for hydroxylation is 1. The van der Waals surface area contributed by atoms with Crippen LogP contribution in [0, 0.1) is 12.7 Å². The molecule has 0 spiro atoms. The highest BCUT2D eigenvalue weighted by Gasteiger charge is 2.16. The van der Waals surface area contributed by atoms with E-state index in [9.17, 15) is 4.39 Å². The molecule has 154 valence electrons. The summed E-state index contributed by atoms with van der Waals surface area (Å²) in [4.78, 5) is 16.9. The maximum atomic E-state index is 14.0. The topological polar surface area (TPSA) is 83.1 Å². The molecule has 0 unspecified atom stereocenters. The van der Waals surface area contributed by atoms with Crippen LogP contribution in [-0.2, 0) is 0 Å². The molecule has 6 rings (SSSR count). The number of aromatic nitrogens is 6. The van der Waals surface area contributed by atoms with Crippen molar-refractivity contribution >= 4 is 21.9 Å². The normalized spacial score (nSPS) is 11.4. The van der Waals surface area contributed by atoms with Gasteiger partial charge >= 0.3 is 0 Å². The van der Waals surface area contributed by atoms with E-state index < -0.39 is 0 Å². The lowest BCUT2D eigenvalue weighted by molar-refractivity contribution is 0.627. The van der Waals surface area contributed by atoms with Gasteiger partial charge in [-0.3, -0.25) is 15.1 Å². The van der Waals surface area contributed by atoms with Crippen LogP contribution in [-0.4, -0.2) is 30.1 Å². The van der Waals surface area contributed by atoms with Crippen molar-refractivity contribution in [1.29, 1.82) is 0 Å². The van der Waals surface area contributed by atoms with Crippen LogP contribution in [0.2, 0.25) is 0 Å². The molecule has 0 atom stereocenters. The molecule has 2 N–H and O–H groups in total. The molecule has 0 aliphatic heterocycles. The van der Waals surface area contributed by atoms with Crippen molar-refractivity contribution in [3.05, 3.63) is 84.6 Å². The summed E-state index contributed by atoms with van der Waals surface area (Å²) >= 11 is 0. The summed E-state index contributed by atoms with van der Waals surface area (Å²) in [5.74, 6) is -0.277. The Labute approximate surface area is 182 Å². The molecule has 0 aliphatic carbocycles. The first-order valence-electron chi connectivity index (χ1n) is 10.2. The van der Waals surface area contributed by atoms with Gasteiger partial charge in [-0.25, -0.2) is 9.37 Å². The van der Waals surface area contributed by atoms with Gasteiger partial charge < -0.3 is 4.98 Å². The Morgan fingerprint density at radius 2 is 1.69 bits per heavy atom. The summed E-state index contributed by atoms with van der Waals surface area (Å²) in [5, 5.41) is 8.47. The van der Waals surface area contributed by atoms with Crippen molar-refractivity contribution in [3.63, 3.8) is 0 Å². The third-order valence-electron chi connectivity index (χ3n) is 5.50. The van der Waals surface area contributed by atoms with Gasteiger partial charge in [0.15, 0.2) is 0 Å². The molecular formula is C25H17FN6. The van der Waals surface area contributed by atoms with Gasteiger partial charge in [0.05, 0.1) is 22.6 Å². The summed E-state index contributed by atoms with van der Waals surface area (Å²) < 4.78 is 14.0. The third kappa shape index (κ3) is 3.02. The molecule has 0 saturated heterocycles. The third-order valence-corrected chi connectivity index (χ3v) is 5.50. The molecule has 0 bridgehead atoms. The average Bonchev–Trinajstić information content (AvgIpc) is 3.42. The molecule has 6 aromatic rings. The van der Waals surface area contributed by atoms with Crippen LogP contribution in [0.5, 0.6) is 0 Å². The molecule has 32 heavy (non-hydrogen) atoms. The number of rotatable bonds is 3. The van der Waals surface area contributed by atoms with E-state index in [1.165, 1.54) is 12.1 Å². The zero-order chi connectivity index (χ0) is 21.7. The predicted molar refractivity (Wildman–Crippen MR) is 122 cm³/mol. The smallest absolute Gasteiger partial charge is 0.135 e. The van der Waals surface area contributed by atoms with Crippen molar-refractivity contribution in [2.24, 2.45) is 0 Å². The zero-order valence-corrected chi connectivity index (χ0v) is 17.1. The summed E-state index contributed by atoms with van der Waals surface area (Å²) in [6, 6.07) is 16.6. The molecule has 0 saturated carbocycles. The Hall–Kier alpha value is -4.39. The van der Waals surface area contributed by atoms with Gasteiger partial charge in [0.1, 0.15) is 17.0 Å². The van der Waals surface area contributed by atoms with Crippen LogP contribution >= 0.6 is 0 Å². The predicted octanol–water partition coefficient (Wildman–Crippen LogP) is 5.68. The summed E-state index contributed by atoms with van der Waals surface area (Å²) in [5.41, 5.74) is 8.17. The van der Waals surface area contributed by atoms with Crippen LogP contribution in [0.15, 0.2) is 73.2 Å². The summed E-state index contributed by atoms with van der Waals surface area (Å²) in [6.07, 6.45) is 5.22. The fourth-order valence-electron chi connectivity index (χ4n) is 4.05. The Kier molecular flexibility index (Phi) is 4.07. The number of hydrogen-bond acceptors (Lipinski definition) is 4. The standard InChI is InChI=1S/C25H17FN6/c1-14-10-16(12-17(26)11-14)23-18-13-22(29-20(18)6-9-28-23)25-24-21(31-32-25)3-2-19(30-24)15-4-7-27-8-5-15/h2-13,29H,1H3,(H,31,32). The first-order chi connectivity index (χ1) is 15.7. The molecule has 6 nitrogen and oxygen atoms in total. The fraction of sp³-hybridized carbons (Fsp3) is 0.0400. The van der Waals surface area contributed by atoms with Crippen LogP contribution in [0.4, 0.5) is 4.39 Å². The van der Waals surface area contributed by atoms with Gasteiger partial charge in [0.25, 0.3) is 0 Å². The Morgan fingerprint density at radius 3 is 2.53 bits per heavy atom. The highest BCUT2D eigenvalue weighted by Crippen LogP contribution is 2.33. The first kappa shape index (κ1) is 18.4. The van der Waals surface area contributed by atoms with E-state index in [1.807, 2.05) is 49.4 Å². The number of benzene rings is 1. The lowest BCUT2D eigenvalue weighted by atomic mass is 10.0. The summed E-state index contributed by atoms with van der Waals surface area (Å²) in [6.45, 7) is 1.87. The molecule has 0 radical (unpaired) electrons. The monoisotopic (exact) mass is 420 g/mol. The molecule has 5 aromatic heterocycles. The first-order valence-corrected chi connectivity index (χ1v) is 10.2. The Morgan fingerprint density at radius 1 is 0.812 bits per heavy atom. The van der Waals surface area contributed by atoms with E-state index in [-0.39, 0.29) is 5.82 Å². The molecule has 0 amide bonds. The maximum Gasteiger partial charge on any atom is 0.135 e. The Balaban J connectivity index is 1.52. The van der Waals surface area contributed by atoms with Crippen LogP contribution in [0.3, 0.4) is 0 Å². The van der Waals surface area contributed by atoms with Crippen molar-refractivity contribution in [2.75, 3.05) is 0 Å². The average molecular weight is 420 g/mol. The summed E-state index contributed by atoms with van der Waals surface area (Å²) in [7, 11) is 0. The minimum Gasteiger partial charge on any atom is -0.353 e. The van der Waals surface area contributed by atoms with Gasteiger partial charge in [-0.1, -0.05) is 0 Å². The zero-order valence-electron chi connectivity index (χ0n) is 17.1. The largest absolute Gasteiger partial charge is 0.353 e. The lowest BCUT2D eigenvalue weighted by Gasteiger charge is -2.04. The fourth-order valence-corrected chi connectivity index (χ4v) is 4.05. The molecular weight excluding hydrogens is 403 g/mol. The van der Waals surface area contributed by atoms with E-state index in [2.05, 4.69) is 25.1 Å². The number of pyridine rings is 3. The number of nitrogens with one attached hydrogen (secondary N) is 2. The minimum absolute atomic E-state index is 0.277. The highest BCUT2D eigenvalue weighted by atomic mass is 19.1. The van der Waals surface area contributed by atoms with E-state index >= 15 is 0 Å². The molecule has 7 heteroatoms. The van der Waals surface area contributed by atoms with Crippen molar-refractivity contribution < 1.29 is 4.39 Å². The Bertz CT molecular complexity index is 1580. The van der Waals surface area contributed by atoms with Crippen molar-refractivity contribution in [1.82, 2.24) is 30.1 Å². The second kappa shape index (κ2) is 7.09. The van der Waals surface area contributed by atoms with Gasteiger partial charge in [0.2, 0.25) is 0 Å². The van der Waals surface area contributed by atoms with E-state index in [4.69, 9.17) is 4.98 Å². The van der Waals surface area contributed by atoms with Gasteiger partial charge in [-0.15, -0.1) is 0 Å². The molecule has 1 aromatic carbocycles. The number of H-pyrrole nitrogens is 2. The van der Waals surface area contributed by atoms with Crippen molar-refractivity contribution in [3.8, 4) is 33.9 Å². The molecule has 5 heterocycles. The van der Waals surface area contributed by atoms with Gasteiger partial charge in [0, 0.05) is 40.6 Å². The number of aromatic amines is 2. The van der Waals surface area contributed by atoms with Gasteiger partial charge in [-0.05, 0) is 67.1 Å². The van der Waals surface area contributed by atoms with E-state index in [0.29, 0.717) is 5.69 Å². The van der Waals surface area contributed by atoms with Crippen molar-refractivity contribution in [2.45, 2.75) is 6.92 Å². The SMILES string of the molecule is Cc1cc(F)cc(-c2nccc3[nH]c(-c4n[nH]c5ccc(-c6ccncc6)nc45)cc23)c1. The minimum atomic E-state index is -0.277. The van der Waals surface area contributed by atoms with Crippen LogP contribution in [0.25, 0.3) is 55.8 Å². The maximum absolute atomic E-state index is 14.0. The number of halogens is 1. The number of nitrogens with zero attached hydrogens (tertiary/aromatic N) is 4. The second-order valence-electron chi connectivity index (χ2n) is 7.72. The van der Waals surface area contributed by atoms with E-state index in [0.717, 1.165) is 55.7 Å². The van der Waals surface area contributed by atoms with Gasteiger partial charge in [-0.2, -0.15) is 5.10 Å². The second-order valence-corrected chi connectivity index (χ2v) is 7.72. The number of fused-ring (bicyclic) bond motifs is 2. The highest BCUT2D eigenvalue weighted by molar-refractivity contribution is 5.99. The number of hydrogen-bond donors (Lipinski definition) is 2.